The standard InChI is InChI=1S/C17H16O4/c1-20-14-9-10-16(21-2)13(11-14)8-7-12-5-3-4-6-15(12)17(18)19/h3-11H,1-2H3,(H,18,19)/b8-7+. The molecule has 2 aromatic rings. The van der Waals surface area contributed by atoms with Gasteiger partial charge in [-0.1, -0.05) is 30.4 Å². The molecule has 0 unspecified atom stereocenters. The van der Waals surface area contributed by atoms with Crippen LogP contribution in [0, 0.1) is 0 Å². The van der Waals surface area contributed by atoms with Crippen molar-refractivity contribution in [3.8, 4) is 11.5 Å². The molecule has 1 N–H and O–H groups in total. The van der Waals surface area contributed by atoms with E-state index < -0.39 is 5.97 Å². The van der Waals surface area contributed by atoms with E-state index in [9.17, 15) is 4.79 Å². The number of aromatic carboxylic acids is 1. The van der Waals surface area contributed by atoms with Crippen molar-refractivity contribution in [3.05, 3.63) is 59.2 Å². The van der Waals surface area contributed by atoms with Crippen molar-refractivity contribution in [1.82, 2.24) is 0 Å². The van der Waals surface area contributed by atoms with E-state index in [4.69, 9.17) is 14.6 Å². The van der Waals surface area contributed by atoms with Crippen LogP contribution in [0.25, 0.3) is 12.2 Å². The largest absolute Gasteiger partial charge is 0.497 e. The Labute approximate surface area is 123 Å². The van der Waals surface area contributed by atoms with Crippen molar-refractivity contribution in [3.63, 3.8) is 0 Å². The third-order valence-corrected chi connectivity index (χ3v) is 3.07. The van der Waals surface area contributed by atoms with Gasteiger partial charge < -0.3 is 14.6 Å². The van der Waals surface area contributed by atoms with Crippen LogP contribution in [0.3, 0.4) is 0 Å². The Morgan fingerprint density at radius 3 is 2.38 bits per heavy atom. The van der Waals surface area contributed by atoms with Gasteiger partial charge in [-0.05, 0) is 29.8 Å². The van der Waals surface area contributed by atoms with Crippen LogP contribution in [0.1, 0.15) is 21.5 Å². The van der Waals surface area contributed by atoms with Crippen molar-refractivity contribution >= 4 is 18.1 Å². The van der Waals surface area contributed by atoms with E-state index in [1.807, 2.05) is 18.2 Å². The maximum Gasteiger partial charge on any atom is 0.336 e. The van der Waals surface area contributed by atoms with Crippen molar-refractivity contribution in [2.45, 2.75) is 0 Å². The summed E-state index contributed by atoms with van der Waals surface area (Å²) >= 11 is 0. The van der Waals surface area contributed by atoms with E-state index in [2.05, 4.69) is 0 Å². The average Bonchev–Trinajstić information content (AvgIpc) is 2.52. The van der Waals surface area contributed by atoms with Crippen LogP contribution in [-0.4, -0.2) is 25.3 Å². The number of carbonyl (C=O) groups is 1. The predicted molar refractivity (Wildman–Crippen MR) is 81.9 cm³/mol. The maximum absolute atomic E-state index is 11.2. The molecule has 0 saturated carbocycles. The fourth-order valence-electron chi connectivity index (χ4n) is 1.99. The first-order valence-corrected chi connectivity index (χ1v) is 6.38. The molecule has 0 aliphatic carbocycles. The molecule has 0 amide bonds. The van der Waals surface area contributed by atoms with Crippen LogP contribution in [0.2, 0.25) is 0 Å². The summed E-state index contributed by atoms with van der Waals surface area (Å²) in [5.74, 6) is 0.453. The zero-order valence-corrected chi connectivity index (χ0v) is 11.9. The van der Waals surface area contributed by atoms with Gasteiger partial charge in [-0.15, -0.1) is 0 Å². The molecule has 0 aliphatic rings. The maximum atomic E-state index is 11.2. The molecule has 2 aromatic carbocycles. The van der Waals surface area contributed by atoms with Crippen molar-refractivity contribution in [2.75, 3.05) is 14.2 Å². The third-order valence-electron chi connectivity index (χ3n) is 3.07. The molecule has 0 bridgehead atoms. The summed E-state index contributed by atoms with van der Waals surface area (Å²) in [6, 6.07) is 12.3. The number of carboxylic acids is 1. The summed E-state index contributed by atoms with van der Waals surface area (Å²) in [6.45, 7) is 0. The lowest BCUT2D eigenvalue weighted by Gasteiger charge is -2.07. The first kappa shape index (κ1) is 14.7. The van der Waals surface area contributed by atoms with Crippen molar-refractivity contribution < 1.29 is 19.4 Å². The van der Waals surface area contributed by atoms with Crippen LogP contribution in [0.15, 0.2) is 42.5 Å². The number of rotatable bonds is 5. The molecule has 0 radical (unpaired) electrons. The first-order valence-electron chi connectivity index (χ1n) is 6.38. The van der Waals surface area contributed by atoms with E-state index in [1.54, 1.807) is 50.6 Å². The molecule has 4 nitrogen and oxygen atoms in total. The van der Waals surface area contributed by atoms with Gasteiger partial charge in [0.15, 0.2) is 0 Å². The smallest absolute Gasteiger partial charge is 0.336 e. The highest BCUT2D eigenvalue weighted by Crippen LogP contribution is 2.26. The number of carboxylic acid groups (broad SMARTS) is 1. The van der Waals surface area contributed by atoms with Crippen LogP contribution >= 0.6 is 0 Å². The number of hydrogen-bond donors (Lipinski definition) is 1. The van der Waals surface area contributed by atoms with Gasteiger partial charge in [0.25, 0.3) is 0 Å². The van der Waals surface area contributed by atoms with E-state index in [0.717, 1.165) is 5.56 Å². The van der Waals surface area contributed by atoms with Gasteiger partial charge in [-0.25, -0.2) is 4.79 Å². The van der Waals surface area contributed by atoms with E-state index in [-0.39, 0.29) is 5.56 Å². The molecule has 0 fully saturated rings. The lowest BCUT2D eigenvalue weighted by atomic mass is 10.1. The number of hydrogen-bond acceptors (Lipinski definition) is 3. The lowest BCUT2D eigenvalue weighted by molar-refractivity contribution is 0.0696. The fraction of sp³-hybridized carbons (Fsp3) is 0.118. The Morgan fingerprint density at radius 1 is 1.00 bits per heavy atom. The van der Waals surface area contributed by atoms with E-state index >= 15 is 0 Å². The second-order valence-corrected chi connectivity index (χ2v) is 4.33. The summed E-state index contributed by atoms with van der Waals surface area (Å²) in [4.78, 5) is 11.2. The molecule has 4 heteroatoms. The summed E-state index contributed by atoms with van der Waals surface area (Å²) in [7, 11) is 3.18. The molecule has 2 rings (SSSR count). The fourth-order valence-corrected chi connectivity index (χ4v) is 1.99. The Bertz CT molecular complexity index is 674. The highest BCUT2D eigenvalue weighted by molar-refractivity contribution is 5.93. The Kier molecular flexibility index (Phi) is 4.61. The minimum Gasteiger partial charge on any atom is -0.497 e. The highest BCUT2D eigenvalue weighted by Gasteiger charge is 2.07. The summed E-state index contributed by atoms with van der Waals surface area (Å²) in [6.07, 6.45) is 3.56. The molecular weight excluding hydrogens is 268 g/mol. The second kappa shape index (κ2) is 6.61. The Morgan fingerprint density at radius 2 is 1.71 bits per heavy atom. The summed E-state index contributed by atoms with van der Waals surface area (Å²) in [5, 5.41) is 9.17. The second-order valence-electron chi connectivity index (χ2n) is 4.33. The van der Waals surface area contributed by atoms with E-state index in [1.165, 1.54) is 0 Å². The van der Waals surface area contributed by atoms with Crippen LogP contribution in [0.5, 0.6) is 11.5 Å². The molecule has 0 heterocycles. The van der Waals surface area contributed by atoms with Gasteiger partial charge in [0, 0.05) is 5.56 Å². The Hall–Kier alpha value is -2.75. The summed E-state index contributed by atoms with van der Waals surface area (Å²) < 4.78 is 10.5. The summed E-state index contributed by atoms with van der Waals surface area (Å²) in [5.41, 5.74) is 1.71. The molecule has 0 saturated heterocycles. The molecule has 0 atom stereocenters. The lowest BCUT2D eigenvalue weighted by Crippen LogP contribution is -1.98. The third kappa shape index (κ3) is 3.42. The zero-order valence-electron chi connectivity index (χ0n) is 11.9. The van der Waals surface area contributed by atoms with Gasteiger partial charge in [-0.3, -0.25) is 0 Å². The molecular formula is C17H16O4. The van der Waals surface area contributed by atoms with Crippen LogP contribution < -0.4 is 9.47 Å². The van der Waals surface area contributed by atoms with Crippen LogP contribution in [-0.2, 0) is 0 Å². The van der Waals surface area contributed by atoms with E-state index in [0.29, 0.717) is 17.1 Å². The monoisotopic (exact) mass is 284 g/mol. The minimum atomic E-state index is -0.951. The predicted octanol–water partition coefficient (Wildman–Crippen LogP) is 3.57. The minimum absolute atomic E-state index is 0.260. The van der Waals surface area contributed by atoms with Gasteiger partial charge in [0.2, 0.25) is 0 Å². The number of benzene rings is 2. The van der Waals surface area contributed by atoms with Crippen molar-refractivity contribution in [2.24, 2.45) is 0 Å². The van der Waals surface area contributed by atoms with Gasteiger partial charge in [0.05, 0.1) is 19.8 Å². The van der Waals surface area contributed by atoms with Gasteiger partial charge >= 0.3 is 5.97 Å². The molecule has 21 heavy (non-hydrogen) atoms. The van der Waals surface area contributed by atoms with Gasteiger partial charge in [-0.2, -0.15) is 0 Å². The topological polar surface area (TPSA) is 55.8 Å². The Balaban J connectivity index is 2.39. The molecule has 0 spiro atoms. The highest BCUT2D eigenvalue weighted by atomic mass is 16.5. The SMILES string of the molecule is COc1ccc(OC)c(/C=C/c2ccccc2C(=O)O)c1. The van der Waals surface area contributed by atoms with Gasteiger partial charge in [0.1, 0.15) is 11.5 Å². The molecule has 108 valence electrons. The quantitative estimate of drug-likeness (QED) is 0.853. The van der Waals surface area contributed by atoms with Crippen molar-refractivity contribution in [1.29, 1.82) is 0 Å². The molecule has 0 aliphatic heterocycles. The zero-order chi connectivity index (χ0) is 15.2. The first-order chi connectivity index (χ1) is 10.2. The number of methoxy groups -OCH3 is 2. The van der Waals surface area contributed by atoms with Crippen LogP contribution in [0.4, 0.5) is 0 Å². The number of ether oxygens (including phenoxy) is 2. The normalized spacial score (nSPS) is 10.6. The molecule has 0 aromatic heterocycles. The average molecular weight is 284 g/mol.